The van der Waals surface area contributed by atoms with Crippen LogP contribution >= 0.6 is 11.3 Å². The minimum absolute atomic E-state index is 0.0528. The Morgan fingerprint density at radius 3 is 2.87 bits per heavy atom. The minimum Gasteiger partial charge on any atom is -0.361 e. The van der Waals surface area contributed by atoms with Crippen molar-refractivity contribution in [3.05, 3.63) is 53.7 Å². The van der Waals surface area contributed by atoms with Gasteiger partial charge < -0.3 is 15.2 Å². The molecule has 1 unspecified atom stereocenters. The Kier molecular flexibility index (Phi) is 5.91. The van der Waals surface area contributed by atoms with Crippen LogP contribution in [0.5, 0.6) is 0 Å². The summed E-state index contributed by atoms with van der Waals surface area (Å²) in [7, 11) is 1.64. The molecule has 1 aliphatic heterocycles. The van der Waals surface area contributed by atoms with E-state index in [1.165, 1.54) is 11.3 Å². The first-order valence-electron chi connectivity index (χ1n) is 9.73. The number of benzene rings is 1. The van der Waals surface area contributed by atoms with Crippen LogP contribution in [-0.4, -0.2) is 53.5 Å². The van der Waals surface area contributed by atoms with Crippen molar-refractivity contribution in [3.8, 4) is 11.3 Å². The molecule has 2 aromatic heterocycles. The van der Waals surface area contributed by atoms with Gasteiger partial charge in [-0.2, -0.15) is 0 Å². The average Bonchev–Trinajstić information content (AvgIpc) is 3.51. The number of hydrogen-bond donors (Lipinski definition) is 2. The highest BCUT2D eigenvalue weighted by Gasteiger charge is 2.45. The van der Waals surface area contributed by atoms with Gasteiger partial charge in [-0.3, -0.25) is 14.5 Å². The lowest BCUT2D eigenvalue weighted by molar-refractivity contribution is -0.130. The molecule has 2 N–H and O–H groups in total. The first-order valence-corrected chi connectivity index (χ1v) is 10.6. The number of anilines is 1. The van der Waals surface area contributed by atoms with Crippen LogP contribution in [0.15, 0.2) is 52.5 Å². The summed E-state index contributed by atoms with van der Waals surface area (Å²) in [5, 5.41) is 12.1. The van der Waals surface area contributed by atoms with Crippen molar-refractivity contribution in [1.82, 2.24) is 20.4 Å². The average molecular weight is 426 g/mol. The van der Waals surface area contributed by atoms with Crippen molar-refractivity contribution in [1.29, 1.82) is 0 Å². The normalized spacial score (nSPS) is 19.0. The first-order chi connectivity index (χ1) is 14.6. The van der Waals surface area contributed by atoms with Gasteiger partial charge in [-0.15, -0.1) is 11.3 Å². The second-order valence-electron chi connectivity index (χ2n) is 7.43. The predicted octanol–water partition coefficient (Wildman–Crippen LogP) is 2.42. The highest BCUT2D eigenvalue weighted by atomic mass is 32.1. The van der Waals surface area contributed by atoms with Crippen molar-refractivity contribution in [2.45, 2.75) is 12.8 Å². The zero-order valence-corrected chi connectivity index (χ0v) is 17.4. The van der Waals surface area contributed by atoms with Crippen molar-refractivity contribution in [2.75, 3.05) is 32.0 Å². The number of carbonyl (C=O) groups is 2. The maximum atomic E-state index is 12.8. The number of hydrogen-bond acceptors (Lipinski definition) is 7. The molecule has 1 aliphatic rings. The molecule has 156 valence electrons. The lowest BCUT2D eigenvalue weighted by atomic mass is 9.81. The Balaban J connectivity index is 1.44. The van der Waals surface area contributed by atoms with Gasteiger partial charge in [0.25, 0.3) is 0 Å². The van der Waals surface area contributed by atoms with Gasteiger partial charge in [0.2, 0.25) is 11.8 Å². The molecular weight excluding hydrogens is 402 g/mol. The smallest absolute Gasteiger partial charge is 0.240 e. The standard InChI is InChI=1S/C21H23N5O3S/c1-22-19(28)21(12-16-11-17(25-29-16)15-5-3-2-4-6-15)7-9-26(14-21)13-18(27)24-20-23-8-10-30-20/h2-6,8,10-11H,7,9,12-14H2,1H3,(H,22,28)(H,23,24,27). The Bertz CT molecular complexity index is 1000. The molecule has 0 radical (unpaired) electrons. The third-order valence-corrected chi connectivity index (χ3v) is 6.02. The van der Waals surface area contributed by atoms with Crippen LogP contribution in [0.1, 0.15) is 12.2 Å². The maximum Gasteiger partial charge on any atom is 0.240 e. The van der Waals surface area contributed by atoms with E-state index in [4.69, 9.17) is 4.52 Å². The largest absolute Gasteiger partial charge is 0.361 e. The molecule has 0 aliphatic carbocycles. The number of amides is 2. The summed E-state index contributed by atoms with van der Waals surface area (Å²) < 4.78 is 5.55. The number of thiazole rings is 1. The lowest BCUT2D eigenvalue weighted by Crippen LogP contribution is -2.44. The van der Waals surface area contributed by atoms with Crippen LogP contribution in [0.25, 0.3) is 11.3 Å². The van der Waals surface area contributed by atoms with E-state index in [1.54, 1.807) is 13.2 Å². The van der Waals surface area contributed by atoms with Gasteiger partial charge in [0, 0.05) is 43.2 Å². The van der Waals surface area contributed by atoms with E-state index in [2.05, 4.69) is 20.8 Å². The van der Waals surface area contributed by atoms with E-state index < -0.39 is 5.41 Å². The quantitative estimate of drug-likeness (QED) is 0.603. The molecular formula is C21H23N5O3S. The van der Waals surface area contributed by atoms with Gasteiger partial charge in [-0.25, -0.2) is 4.98 Å². The Labute approximate surface area is 178 Å². The fourth-order valence-corrected chi connectivity index (χ4v) is 4.44. The van der Waals surface area contributed by atoms with E-state index >= 15 is 0 Å². The SMILES string of the molecule is CNC(=O)C1(Cc2cc(-c3ccccc3)no2)CCN(CC(=O)Nc2nccs2)C1. The van der Waals surface area contributed by atoms with E-state index in [0.717, 1.165) is 11.3 Å². The topological polar surface area (TPSA) is 100 Å². The summed E-state index contributed by atoms with van der Waals surface area (Å²) in [6, 6.07) is 11.7. The number of rotatable bonds is 7. The molecule has 1 saturated heterocycles. The summed E-state index contributed by atoms with van der Waals surface area (Å²) in [4.78, 5) is 31.2. The number of carbonyl (C=O) groups excluding carboxylic acids is 2. The summed E-state index contributed by atoms with van der Waals surface area (Å²) in [6.45, 7) is 1.34. The molecule has 3 aromatic rings. The van der Waals surface area contributed by atoms with Crippen LogP contribution in [0, 0.1) is 5.41 Å². The van der Waals surface area contributed by atoms with E-state index in [0.29, 0.717) is 36.8 Å². The maximum absolute atomic E-state index is 12.8. The molecule has 0 bridgehead atoms. The lowest BCUT2D eigenvalue weighted by Gasteiger charge is -2.26. The van der Waals surface area contributed by atoms with Crippen molar-refractivity contribution >= 4 is 28.3 Å². The van der Waals surface area contributed by atoms with Gasteiger partial charge in [-0.1, -0.05) is 35.5 Å². The van der Waals surface area contributed by atoms with Crippen LogP contribution in [0.3, 0.4) is 0 Å². The fourth-order valence-electron chi connectivity index (χ4n) is 3.89. The zero-order chi connectivity index (χ0) is 21.0. The molecule has 1 atom stereocenters. The van der Waals surface area contributed by atoms with Crippen LogP contribution < -0.4 is 10.6 Å². The molecule has 0 saturated carbocycles. The Hall–Kier alpha value is -3.04. The molecule has 30 heavy (non-hydrogen) atoms. The first kappa shape index (κ1) is 20.2. The summed E-state index contributed by atoms with van der Waals surface area (Å²) >= 11 is 1.37. The van der Waals surface area contributed by atoms with Crippen LogP contribution in [0.2, 0.25) is 0 Å². The summed E-state index contributed by atoms with van der Waals surface area (Å²) in [5.41, 5.74) is 1.05. The molecule has 1 fully saturated rings. The fraction of sp³-hybridized carbons (Fsp3) is 0.333. The van der Waals surface area contributed by atoms with Crippen LogP contribution in [-0.2, 0) is 16.0 Å². The van der Waals surface area contributed by atoms with Gasteiger partial charge in [-0.05, 0) is 13.0 Å². The number of likely N-dealkylation sites (tertiary alicyclic amines) is 1. The molecule has 2 amide bonds. The monoisotopic (exact) mass is 425 g/mol. The molecule has 3 heterocycles. The molecule has 4 rings (SSSR count). The predicted molar refractivity (Wildman–Crippen MR) is 114 cm³/mol. The molecule has 9 heteroatoms. The zero-order valence-electron chi connectivity index (χ0n) is 16.6. The van der Waals surface area contributed by atoms with Crippen LogP contribution in [0.4, 0.5) is 5.13 Å². The van der Waals surface area contributed by atoms with Crippen molar-refractivity contribution in [3.63, 3.8) is 0 Å². The third kappa shape index (κ3) is 4.42. The summed E-state index contributed by atoms with van der Waals surface area (Å²) in [6.07, 6.45) is 2.71. The Morgan fingerprint density at radius 1 is 1.30 bits per heavy atom. The van der Waals surface area contributed by atoms with E-state index in [9.17, 15) is 9.59 Å². The Morgan fingerprint density at radius 2 is 2.13 bits per heavy atom. The third-order valence-electron chi connectivity index (χ3n) is 5.33. The van der Waals surface area contributed by atoms with Gasteiger partial charge in [0.15, 0.2) is 5.13 Å². The number of nitrogens with one attached hydrogen (secondary N) is 2. The number of aromatic nitrogens is 2. The highest BCUT2D eigenvalue weighted by Crippen LogP contribution is 2.35. The van der Waals surface area contributed by atoms with Crippen molar-refractivity contribution < 1.29 is 14.1 Å². The highest BCUT2D eigenvalue weighted by molar-refractivity contribution is 7.13. The number of nitrogens with zero attached hydrogens (tertiary/aromatic N) is 3. The minimum atomic E-state index is -0.663. The second kappa shape index (κ2) is 8.76. The van der Waals surface area contributed by atoms with Gasteiger partial charge in [0.1, 0.15) is 11.5 Å². The van der Waals surface area contributed by atoms with E-state index in [1.807, 2.05) is 46.7 Å². The second-order valence-corrected chi connectivity index (χ2v) is 8.32. The van der Waals surface area contributed by atoms with Crippen molar-refractivity contribution in [2.24, 2.45) is 5.41 Å². The molecule has 8 nitrogen and oxygen atoms in total. The van der Waals surface area contributed by atoms with Gasteiger partial charge in [0.05, 0.1) is 12.0 Å². The van der Waals surface area contributed by atoms with Gasteiger partial charge >= 0.3 is 0 Å². The summed E-state index contributed by atoms with van der Waals surface area (Å²) in [5.74, 6) is 0.471. The molecule has 0 spiro atoms. The van der Waals surface area contributed by atoms with E-state index in [-0.39, 0.29) is 18.4 Å². The molecule has 1 aromatic carbocycles.